The van der Waals surface area contributed by atoms with Crippen LogP contribution in [0.1, 0.15) is 43.8 Å². The van der Waals surface area contributed by atoms with Crippen LogP contribution in [-0.4, -0.2) is 27.5 Å². The molecule has 2 aromatic rings. The van der Waals surface area contributed by atoms with Gasteiger partial charge in [-0.05, 0) is 24.3 Å². The molecule has 0 atom stereocenters. The first-order chi connectivity index (χ1) is 10.6. The molecule has 0 amide bonds. The lowest BCUT2D eigenvalue weighted by atomic mass is 10.1. The Bertz CT molecular complexity index is 553. The summed E-state index contributed by atoms with van der Waals surface area (Å²) < 4.78 is 2.12. The van der Waals surface area contributed by atoms with Crippen LogP contribution in [0.25, 0.3) is 0 Å². The molecule has 0 saturated heterocycles. The van der Waals surface area contributed by atoms with Crippen molar-refractivity contribution in [1.29, 1.82) is 0 Å². The first-order valence-corrected chi connectivity index (χ1v) is 8.79. The number of aliphatic hydroxyl groups excluding tert-OH is 1. The molecule has 4 nitrogen and oxygen atoms in total. The van der Waals surface area contributed by atoms with Crippen molar-refractivity contribution in [3.05, 3.63) is 47.4 Å². The summed E-state index contributed by atoms with van der Waals surface area (Å²) in [5.41, 5.74) is 7.15. The molecule has 1 aromatic carbocycles. The molecule has 0 unspecified atom stereocenters. The highest BCUT2D eigenvalue weighted by molar-refractivity contribution is 7.98. The number of rotatable bonds is 5. The molecule has 0 fully saturated rings. The standard InChI is InChI=1S/C15H20N2OS.C2H7N/c1-11(2)14-15(19-3)17(13(10-18)16-14)9-12-7-5-4-6-8-12;1-2-3/h4-8,11,18H,9-10H2,1-3H3;2-3H2,1H3. The molecule has 0 bridgehead atoms. The van der Waals surface area contributed by atoms with Gasteiger partial charge >= 0.3 is 0 Å². The predicted octanol–water partition coefficient (Wildman–Crippen LogP) is 3.23. The van der Waals surface area contributed by atoms with Gasteiger partial charge in [0.2, 0.25) is 0 Å². The van der Waals surface area contributed by atoms with E-state index in [1.165, 1.54) is 5.56 Å². The fourth-order valence-corrected chi connectivity index (χ4v) is 3.02. The third kappa shape index (κ3) is 4.87. The van der Waals surface area contributed by atoms with Crippen LogP contribution in [0.3, 0.4) is 0 Å². The summed E-state index contributed by atoms with van der Waals surface area (Å²) in [6, 6.07) is 10.3. The minimum absolute atomic E-state index is 0.0207. The van der Waals surface area contributed by atoms with Crippen molar-refractivity contribution >= 4 is 11.8 Å². The van der Waals surface area contributed by atoms with Crippen LogP contribution in [-0.2, 0) is 13.2 Å². The van der Waals surface area contributed by atoms with Gasteiger partial charge in [0.25, 0.3) is 0 Å². The van der Waals surface area contributed by atoms with Crippen molar-refractivity contribution in [2.24, 2.45) is 5.73 Å². The summed E-state index contributed by atoms with van der Waals surface area (Å²) in [5.74, 6) is 1.11. The summed E-state index contributed by atoms with van der Waals surface area (Å²) in [4.78, 5) is 4.59. The molecule has 0 aliphatic heterocycles. The Balaban J connectivity index is 0.000000745. The van der Waals surface area contributed by atoms with E-state index in [-0.39, 0.29) is 6.61 Å². The van der Waals surface area contributed by atoms with Gasteiger partial charge in [0.1, 0.15) is 12.4 Å². The van der Waals surface area contributed by atoms with Crippen LogP contribution in [0.2, 0.25) is 0 Å². The molecule has 22 heavy (non-hydrogen) atoms. The Morgan fingerprint density at radius 3 is 2.32 bits per heavy atom. The Morgan fingerprint density at radius 2 is 1.86 bits per heavy atom. The number of hydrogen-bond donors (Lipinski definition) is 2. The molecule has 3 N–H and O–H groups in total. The van der Waals surface area contributed by atoms with E-state index in [9.17, 15) is 5.11 Å². The lowest BCUT2D eigenvalue weighted by Gasteiger charge is -2.11. The van der Waals surface area contributed by atoms with Gasteiger partial charge in [0.05, 0.1) is 10.7 Å². The van der Waals surface area contributed by atoms with Crippen LogP contribution in [0.15, 0.2) is 35.4 Å². The highest BCUT2D eigenvalue weighted by atomic mass is 32.2. The van der Waals surface area contributed by atoms with E-state index in [1.54, 1.807) is 11.8 Å². The number of nitrogens with zero attached hydrogens (tertiary/aromatic N) is 2. The quantitative estimate of drug-likeness (QED) is 0.830. The Hall–Kier alpha value is -1.30. The second kappa shape index (κ2) is 9.66. The van der Waals surface area contributed by atoms with Crippen molar-refractivity contribution in [2.45, 2.75) is 44.9 Å². The number of nitrogens with two attached hydrogens (primary N) is 1. The van der Waals surface area contributed by atoms with Crippen molar-refractivity contribution in [3.8, 4) is 0 Å². The van der Waals surface area contributed by atoms with Gasteiger partial charge < -0.3 is 15.4 Å². The zero-order chi connectivity index (χ0) is 16.5. The second-order valence-electron chi connectivity index (χ2n) is 5.22. The van der Waals surface area contributed by atoms with Crippen LogP contribution < -0.4 is 5.73 Å². The average Bonchev–Trinajstić information content (AvgIpc) is 2.87. The number of thioether (sulfide) groups is 1. The number of aliphatic hydroxyl groups is 1. The summed E-state index contributed by atoms with van der Waals surface area (Å²) >= 11 is 1.70. The fraction of sp³-hybridized carbons (Fsp3) is 0.471. The number of hydrogen-bond acceptors (Lipinski definition) is 4. The Kier molecular flexibility index (Phi) is 8.24. The molecule has 0 aliphatic rings. The number of aromatic nitrogens is 2. The number of imidazole rings is 1. The van der Waals surface area contributed by atoms with Gasteiger partial charge in [-0.3, -0.25) is 0 Å². The molecule has 0 saturated carbocycles. The SMILES string of the molecule is CCN.CSc1c(C(C)C)nc(CO)n1Cc1ccccc1. The van der Waals surface area contributed by atoms with Gasteiger partial charge in [-0.1, -0.05) is 51.1 Å². The van der Waals surface area contributed by atoms with Gasteiger partial charge in [-0.15, -0.1) is 11.8 Å². The van der Waals surface area contributed by atoms with E-state index >= 15 is 0 Å². The third-order valence-electron chi connectivity index (χ3n) is 3.09. The highest BCUT2D eigenvalue weighted by Gasteiger charge is 2.18. The molecule has 1 aromatic heterocycles. The maximum Gasteiger partial charge on any atom is 0.136 e. The minimum atomic E-state index is -0.0207. The van der Waals surface area contributed by atoms with Crippen LogP contribution in [0.4, 0.5) is 0 Å². The molecule has 1 heterocycles. The van der Waals surface area contributed by atoms with Crippen molar-refractivity contribution in [1.82, 2.24) is 9.55 Å². The predicted molar refractivity (Wildman–Crippen MR) is 94.3 cm³/mol. The van der Waals surface area contributed by atoms with Crippen molar-refractivity contribution in [2.75, 3.05) is 12.8 Å². The van der Waals surface area contributed by atoms with E-state index in [0.717, 1.165) is 29.6 Å². The highest BCUT2D eigenvalue weighted by Crippen LogP contribution is 2.28. The van der Waals surface area contributed by atoms with Gasteiger partial charge in [0, 0.05) is 6.54 Å². The molecule has 0 spiro atoms. The van der Waals surface area contributed by atoms with Crippen LogP contribution >= 0.6 is 11.8 Å². The summed E-state index contributed by atoms with van der Waals surface area (Å²) in [6.45, 7) is 7.66. The summed E-state index contributed by atoms with van der Waals surface area (Å²) in [6.07, 6.45) is 2.06. The van der Waals surface area contributed by atoms with Gasteiger partial charge in [0.15, 0.2) is 0 Å². The van der Waals surface area contributed by atoms with E-state index in [1.807, 2.05) is 25.1 Å². The fourth-order valence-electron chi connectivity index (χ4n) is 2.14. The maximum atomic E-state index is 9.52. The van der Waals surface area contributed by atoms with Crippen LogP contribution in [0.5, 0.6) is 0 Å². The Labute approximate surface area is 137 Å². The lowest BCUT2D eigenvalue weighted by molar-refractivity contribution is 0.265. The summed E-state index contributed by atoms with van der Waals surface area (Å²) in [7, 11) is 0. The second-order valence-corrected chi connectivity index (χ2v) is 6.01. The smallest absolute Gasteiger partial charge is 0.136 e. The van der Waals surface area contributed by atoms with E-state index in [4.69, 9.17) is 5.73 Å². The van der Waals surface area contributed by atoms with Gasteiger partial charge in [-0.2, -0.15) is 0 Å². The molecule has 0 aliphatic carbocycles. The average molecular weight is 321 g/mol. The largest absolute Gasteiger partial charge is 0.388 e. The number of benzene rings is 1. The van der Waals surface area contributed by atoms with Crippen molar-refractivity contribution in [3.63, 3.8) is 0 Å². The topological polar surface area (TPSA) is 64.1 Å². The summed E-state index contributed by atoms with van der Waals surface area (Å²) in [5, 5.41) is 10.7. The molecule has 0 radical (unpaired) electrons. The maximum absolute atomic E-state index is 9.52. The van der Waals surface area contributed by atoms with Gasteiger partial charge in [-0.25, -0.2) is 4.98 Å². The molecule has 2 rings (SSSR count). The minimum Gasteiger partial charge on any atom is -0.388 e. The zero-order valence-corrected chi connectivity index (χ0v) is 14.7. The van der Waals surface area contributed by atoms with E-state index in [2.05, 4.69) is 41.8 Å². The Morgan fingerprint density at radius 1 is 1.27 bits per heavy atom. The molecular formula is C17H27N3OS. The third-order valence-corrected chi connectivity index (χ3v) is 3.91. The molecule has 122 valence electrons. The molecular weight excluding hydrogens is 294 g/mol. The van der Waals surface area contributed by atoms with E-state index in [0.29, 0.717) is 5.92 Å². The lowest BCUT2D eigenvalue weighted by Crippen LogP contribution is -2.06. The first-order valence-electron chi connectivity index (χ1n) is 7.57. The van der Waals surface area contributed by atoms with E-state index < -0.39 is 0 Å². The zero-order valence-electron chi connectivity index (χ0n) is 13.9. The normalized spacial score (nSPS) is 10.5. The molecule has 5 heteroatoms. The monoisotopic (exact) mass is 321 g/mol. The van der Waals surface area contributed by atoms with Crippen LogP contribution in [0, 0.1) is 0 Å². The first kappa shape index (κ1) is 18.7. The van der Waals surface area contributed by atoms with Crippen molar-refractivity contribution < 1.29 is 5.11 Å².